The zero-order valence-electron chi connectivity index (χ0n) is 17.0. The first-order chi connectivity index (χ1) is 14.9. The van der Waals surface area contributed by atoms with E-state index in [0.717, 1.165) is 29.7 Å². The number of aryl methyl sites for hydroxylation is 1. The Morgan fingerprint density at radius 1 is 1.26 bits per heavy atom. The van der Waals surface area contributed by atoms with Crippen molar-refractivity contribution in [3.8, 4) is 0 Å². The van der Waals surface area contributed by atoms with Gasteiger partial charge in [-0.1, -0.05) is 0 Å². The van der Waals surface area contributed by atoms with Gasteiger partial charge in [0.1, 0.15) is 5.00 Å². The van der Waals surface area contributed by atoms with Crippen LogP contribution in [0.15, 0.2) is 18.2 Å². The molecule has 0 aliphatic heterocycles. The fraction of sp³-hybridized carbons (Fsp3) is 0.400. The highest BCUT2D eigenvalue weighted by molar-refractivity contribution is 7.17. The highest BCUT2D eigenvalue weighted by Gasteiger charge is 2.28. The number of hydrogen-bond donors (Lipinski definition) is 4. The standard InChI is InChI=1S/C20H24N4O6S/c1-2-30-20(27)18-13-4-3-5-16(13)31-19(18)23-17(26)11-22-15-10-12(24(28)29)6-7-14(15)21-8-9-25/h6-7,10,21-22,25H,2-5,8-9,11H2,1H3,(H,23,26). The van der Waals surface area contributed by atoms with E-state index in [1.54, 1.807) is 6.92 Å². The number of fused-ring (bicyclic) bond motifs is 1. The van der Waals surface area contributed by atoms with Crippen LogP contribution in [0.25, 0.3) is 0 Å². The predicted molar refractivity (Wildman–Crippen MR) is 118 cm³/mol. The lowest BCUT2D eigenvalue weighted by Crippen LogP contribution is -2.23. The number of nitrogens with zero attached hydrogens (tertiary/aromatic N) is 1. The molecule has 1 heterocycles. The maximum atomic E-state index is 12.6. The number of hydrogen-bond acceptors (Lipinski definition) is 9. The average Bonchev–Trinajstić information content (AvgIpc) is 3.31. The number of anilines is 3. The molecular formula is C20H24N4O6S. The molecule has 1 aromatic heterocycles. The van der Waals surface area contributed by atoms with Crippen molar-refractivity contribution in [2.75, 3.05) is 42.3 Å². The first-order valence-electron chi connectivity index (χ1n) is 9.93. The van der Waals surface area contributed by atoms with Crippen molar-refractivity contribution in [2.24, 2.45) is 0 Å². The second-order valence-corrected chi connectivity index (χ2v) is 7.93. The van der Waals surface area contributed by atoms with Crippen molar-refractivity contribution in [3.63, 3.8) is 0 Å². The van der Waals surface area contributed by atoms with Crippen LogP contribution < -0.4 is 16.0 Å². The van der Waals surface area contributed by atoms with Gasteiger partial charge in [0.15, 0.2) is 0 Å². The number of thiophene rings is 1. The van der Waals surface area contributed by atoms with Crippen molar-refractivity contribution >= 4 is 45.3 Å². The van der Waals surface area contributed by atoms with Crippen molar-refractivity contribution in [1.29, 1.82) is 0 Å². The Morgan fingerprint density at radius 2 is 2.06 bits per heavy atom. The number of esters is 1. The van der Waals surface area contributed by atoms with Gasteiger partial charge >= 0.3 is 5.97 Å². The van der Waals surface area contributed by atoms with Crippen LogP contribution in [-0.2, 0) is 22.4 Å². The number of carbonyl (C=O) groups is 2. The molecule has 31 heavy (non-hydrogen) atoms. The van der Waals surface area contributed by atoms with E-state index in [1.165, 1.54) is 29.5 Å². The summed E-state index contributed by atoms with van der Waals surface area (Å²) in [6.07, 6.45) is 2.62. The number of aliphatic hydroxyl groups is 1. The Balaban J connectivity index is 1.73. The zero-order valence-corrected chi connectivity index (χ0v) is 17.8. The molecule has 0 spiro atoms. The molecule has 1 aromatic carbocycles. The van der Waals surface area contributed by atoms with Gasteiger partial charge in [0, 0.05) is 23.6 Å². The van der Waals surface area contributed by atoms with Crippen molar-refractivity contribution in [2.45, 2.75) is 26.2 Å². The third-order valence-corrected chi connectivity index (χ3v) is 5.94. The second kappa shape index (κ2) is 10.2. The number of aliphatic hydroxyl groups excluding tert-OH is 1. The van der Waals surface area contributed by atoms with Crippen LogP contribution in [0.4, 0.5) is 22.1 Å². The van der Waals surface area contributed by atoms with E-state index in [4.69, 9.17) is 9.84 Å². The average molecular weight is 449 g/mol. The number of carbonyl (C=O) groups excluding carboxylic acids is 2. The summed E-state index contributed by atoms with van der Waals surface area (Å²) < 4.78 is 5.16. The van der Waals surface area contributed by atoms with E-state index < -0.39 is 16.8 Å². The summed E-state index contributed by atoms with van der Waals surface area (Å²) in [5.41, 5.74) is 2.12. The van der Waals surface area contributed by atoms with Gasteiger partial charge in [0.25, 0.3) is 5.69 Å². The first kappa shape index (κ1) is 22.5. The summed E-state index contributed by atoms with van der Waals surface area (Å²) in [6.45, 7) is 1.95. The second-order valence-electron chi connectivity index (χ2n) is 6.82. The molecular weight excluding hydrogens is 424 g/mol. The van der Waals surface area contributed by atoms with E-state index >= 15 is 0 Å². The lowest BCUT2D eigenvalue weighted by molar-refractivity contribution is -0.384. The Bertz CT molecular complexity index is 990. The molecule has 0 saturated heterocycles. The van der Waals surface area contributed by atoms with Gasteiger partial charge in [-0.15, -0.1) is 11.3 Å². The molecule has 0 fully saturated rings. The maximum Gasteiger partial charge on any atom is 0.341 e. The molecule has 166 valence electrons. The molecule has 1 aliphatic rings. The summed E-state index contributed by atoms with van der Waals surface area (Å²) in [5.74, 6) is -0.843. The number of nitro groups is 1. The normalized spacial score (nSPS) is 12.2. The largest absolute Gasteiger partial charge is 0.462 e. The molecule has 10 nitrogen and oxygen atoms in total. The molecule has 3 rings (SSSR count). The molecule has 0 atom stereocenters. The number of nitrogens with one attached hydrogen (secondary N) is 3. The highest BCUT2D eigenvalue weighted by atomic mass is 32.1. The Kier molecular flexibility index (Phi) is 7.42. The van der Waals surface area contributed by atoms with Crippen LogP contribution >= 0.6 is 11.3 Å². The number of rotatable bonds is 10. The van der Waals surface area contributed by atoms with E-state index in [9.17, 15) is 19.7 Å². The fourth-order valence-corrected chi connectivity index (χ4v) is 4.69. The van der Waals surface area contributed by atoms with Crippen LogP contribution in [-0.4, -0.2) is 48.2 Å². The quantitative estimate of drug-likeness (QED) is 0.247. The number of ether oxygens (including phenoxy) is 1. The minimum Gasteiger partial charge on any atom is -0.462 e. The van der Waals surface area contributed by atoms with Crippen LogP contribution in [0.5, 0.6) is 0 Å². The monoisotopic (exact) mass is 448 g/mol. The summed E-state index contributed by atoms with van der Waals surface area (Å²) in [7, 11) is 0. The van der Waals surface area contributed by atoms with Crippen LogP contribution in [0, 0.1) is 10.1 Å². The molecule has 0 bridgehead atoms. The van der Waals surface area contributed by atoms with E-state index in [1.807, 2.05) is 0 Å². The van der Waals surface area contributed by atoms with Crippen molar-refractivity contribution < 1.29 is 24.4 Å². The van der Waals surface area contributed by atoms with Crippen LogP contribution in [0.3, 0.4) is 0 Å². The summed E-state index contributed by atoms with van der Waals surface area (Å²) >= 11 is 1.38. The van der Waals surface area contributed by atoms with Gasteiger partial charge in [-0.3, -0.25) is 14.9 Å². The minimum absolute atomic E-state index is 0.114. The molecule has 0 saturated carbocycles. The number of benzene rings is 1. The smallest absolute Gasteiger partial charge is 0.341 e. The van der Waals surface area contributed by atoms with Gasteiger partial charge in [-0.2, -0.15) is 0 Å². The Labute approximate surface area is 182 Å². The first-order valence-corrected chi connectivity index (χ1v) is 10.7. The predicted octanol–water partition coefficient (Wildman–Crippen LogP) is 2.78. The van der Waals surface area contributed by atoms with E-state index in [2.05, 4.69) is 16.0 Å². The molecule has 1 amide bonds. The molecule has 0 unspecified atom stereocenters. The SMILES string of the molecule is CCOC(=O)c1c(NC(=O)CNc2cc([N+](=O)[O-])ccc2NCCO)sc2c1CCC2. The van der Waals surface area contributed by atoms with Gasteiger partial charge in [0.05, 0.1) is 41.6 Å². The Morgan fingerprint density at radius 3 is 2.77 bits per heavy atom. The lowest BCUT2D eigenvalue weighted by atomic mass is 10.1. The summed E-state index contributed by atoms with van der Waals surface area (Å²) in [4.78, 5) is 36.6. The fourth-order valence-electron chi connectivity index (χ4n) is 3.39. The van der Waals surface area contributed by atoms with Gasteiger partial charge in [-0.25, -0.2) is 4.79 Å². The molecule has 1 aliphatic carbocycles. The number of nitro benzene ring substituents is 1. The van der Waals surface area contributed by atoms with Gasteiger partial charge in [0.2, 0.25) is 5.91 Å². The summed E-state index contributed by atoms with van der Waals surface area (Å²) in [5, 5.41) is 29.2. The Hall–Kier alpha value is -3.18. The minimum atomic E-state index is -0.528. The summed E-state index contributed by atoms with van der Waals surface area (Å²) in [6, 6.07) is 4.16. The van der Waals surface area contributed by atoms with Crippen LogP contribution in [0.2, 0.25) is 0 Å². The zero-order chi connectivity index (χ0) is 22.4. The molecule has 2 aromatic rings. The maximum absolute atomic E-state index is 12.6. The van der Waals surface area contributed by atoms with Crippen LogP contribution in [0.1, 0.15) is 34.1 Å². The third kappa shape index (κ3) is 5.30. The number of amides is 1. The van der Waals surface area contributed by atoms with E-state index in [-0.39, 0.29) is 32.0 Å². The van der Waals surface area contributed by atoms with Crippen molar-refractivity contribution in [1.82, 2.24) is 0 Å². The van der Waals surface area contributed by atoms with Crippen molar-refractivity contribution in [3.05, 3.63) is 44.3 Å². The highest BCUT2D eigenvalue weighted by Crippen LogP contribution is 2.39. The van der Waals surface area contributed by atoms with E-state index in [0.29, 0.717) is 21.9 Å². The molecule has 0 radical (unpaired) electrons. The third-order valence-electron chi connectivity index (χ3n) is 4.73. The van der Waals surface area contributed by atoms with Gasteiger partial charge in [-0.05, 0) is 37.8 Å². The lowest BCUT2D eigenvalue weighted by Gasteiger charge is -2.13. The topological polar surface area (TPSA) is 143 Å². The number of non-ortho nitro benzene ring substituents is 1. The molecule has 4 N–H and O–H groups in total. The van der Waals surface area contributed by atoms with Gasteiger partial charge < -0.3 is 25.8 Å². The molecule has 11 heteroatoms.